The monoisotopic (exact) mass is 310 g/mol. The normalized spacial score (nSPS) is 20.0. The molecule has 1 N–H and O–H groups in total. The average Bonchev–Trinajstić information content (AvgIpc) is 2.80. The van der Waals surface area contributed by atoms with Gasteiger partial charge in [-0.15, -0.1) is 0 Å². The predicted molar refractivity (Wildman–Crippen MR) is 80.1 cm³/mol. The number of nitrogens with zero attached hydrogens (tertiary/aromatic N) is 3. The maximum Gasteiger partial charge on any atom is 0.213 e. The van der Waals surface area contributed by atoms with Gasteiger partial charge >= 0.3 is 0 Å². The summed E-state index contributed by atoms with van der Waals surface area (Å²) in [5, 5.41) is 13.3. The van der Waals surface area contributed by atoms with Crippen molar-refractivity contribution in [3.05, 3.63) is 17.5 Å². The lowest BCUT2D eigenvalue weighted by molar-refractivity contribution is 0.492. The van der Waals surface area contributed by atoms with Crippen LogP contribution in [0, 0.1) is 17.2 Å². The van der Waals surface area contributed by atoms with Gasteiger partial charge < -0.3 is 0 Å². The standard InChI is InChI=1S/C14H22N4O2S/c1-10(2)18-8-12-4-5-13(6-14(12)16-18)17-21(19,20)9-11(3)7-15/h8,10-11,13,17H,4-6,9H2,1-3H3. The molecule has 0 fully saturated rings. The molecule has 116 valence electrons. The third kappa shape index (κ3) is 4.05. The van der Waals surface area contributed by atoms with Crippen LogP contribution in [0.4, 0.5) is 0 Å². The van der Waals surface area contributed by atoms with Gasteiger partial charge in [-0.05, 0) is 39.2 Å². The van der Waals surface area contributed by atoms with Crippen LogP contribution in [-0.2, 0) is 22.9 Å². The second kappa shape index (κ2) is 6.16. The van der Waals surface area contributed by atoms with Crippen LogP contribution in [0.15, 0.2) is 6.20 Å². The first-order valence-corrected chi connectivity index (χ1v) is 8.92. The first kappa shape index (κ1) is 16.0. The highest BCUT2D eigenvalue weighted by atomic mass is 32.2. The summed E-state index contributed by atoms with van der Waals surface area (Å²) >= 11 is 0. The van der Waals surface area contributed by atoms with E-state index in [2.05, 4.69) is 29.9 Å². The first-order valence-electron chi connectivity index (χ1n) is 7.27. The van der Waals surface area contributed by atoms with Crippen molar-refractivity contribution in [2.45, 2.75) is 52.1 Å². The summed E-state index contributed by atoms with van der Waals surface area (Å²) in [5.41, 5.74) is 2.19. The van der Waals surface area contributed by atoms with E-state index >= 15 is 0 Å². The molecule has 0 aliphatic heterocycles. The third-order valence-corrected chi connectivity index (χ3v) is 5.29. The Balaban J connectivity index is 2.03. The molecule has 0 spiro atoms. The van der Waals surface area contributed by atoms with Crippen molar-refractivity contribution >= 4 is 10.0 Å². The minimum atomic E-state index is -3.41. The van der Waals surface area contributed by atoms with Gasteiger partial charge in [0.05, 0.1) is 23.4 Å². The Morgan fingerprint density at radius 2 is 2.24 bits per heavy atom. The molecule has 2 atom stereocenters. The second-order valence-electron chi connectivity index (χ2n) is 6.04. The van der Waals surface area contributed by atoms with Crippen molar-refractivity contribution in [2.24, 2.45) is 5.92 Å². The van der Waals surface area contributed by atoms with Gasteiger partial charge in [-0.3, -0.25) is 4.68 Å². The van der Waals surface area contributed by atoms with Crippen LogP contribution in [-0.4, -0.2) is 30.0 Å². The number of hydrogen-bond donors (Lipinski definition) is 1. The molecular formula is C14H22N4O2S. The van der Waals surface area contributed by atoms with Gasteiger partial charge in [0.2, 0.25) is 10.0 Å². The van der Waals surface area contributed by atoms with E-state index in [1.165, 1.54) is 5.56 Å². The average molecular weight is 310 g/mol. The molecule has 1 heterocycles. The molecule has 0 saturated carbocycles. The van der Waals surface area contributed by atoms with Crippen LogP contribution >= 0.6 is 0 Å². The highest BCUT2D eigenvalue weighted by molar-refractivity contribution is 7.89. The number of aromatic nitrogens is 2. The van der Waals surface area contributed by atoms with E-state index in [9.17, 15) is 8.42 Å². The summed E-state index contributed by atoms with van der Waals surface area (Å²) in [7, 11) is -3.41. The molecule has 1 aromatic rings. The van der Waals surface area contributed by atoms with Crippen molar-refractivity contribution in [3.8, 4) is 6.07 Å². The number of nitriles is 1. The van der Waals surface area contributed by atoms with Crippen LogP contribution in [0.25, 0.3) is 0 Å². The van der Waals surface area contributed by atoms with Crippen LogP contribution in [0.2, 0.25) is 0 Å². The first-order chi connectivity index (χ1) is 9.80. The van der Waals surface area contributed by atoms with E-state index in [0.29, 0.717) is 12.5 Å². The maximum absolute atomic E-state index is 12.0. The zero-order valence-electron chi connectivity index (χ0n) is 12.7. The number of rotatable bonds is 5. The van der Waals surface area contributed by atoms with Crippen molar-refractivity contribution in [2.75, 3.05) is 5.75 Å². The Morgan fingerprint density at radius 1 is 1.52 bits per heavy atom. The van der Waals surface area contributed by atoms with E-state index in [-0.39, 0.29) is 11.8 Å². The zero-order valence-corrected chi connectivity index (χ0v) is 13.5. The molecule has 0 radical (unpaired) electrons. The molecule has 6 nitrogen and oxygen atoms in total. The highest BCUT2D eigenvalue weighted by Gasteiger charge is 2.26. The molecule has 1 aromatic heterocycles. The van der Waals surface area contributed by atoms with Gasteiger partial charge in [-0.25, -0.2) is 13.1 Å². The summed E-state index contributed by atoms with van der Waals surface area (Å²) in [6.45, 7) is 5.76. The molecule has 1 aliphatic carbocycles. The molecule has 21 heavy (non-hydrogen) atoms. The fraction of sp³-hybridized carbons (Fsp3) is 0.714. The van der Waals surface area contributed by atoms with Crippen LogP contribution in [0.5, 0.6) is 0 Å². The van der Waals surface area contributed by atoms with E-state index in [4.69, 9.17) is 5.26 Å². The van der Waals surface area contributed by atoms with E-state index < -0.39 is 15.9 Å². The predicted octanol–water partition coefficient (Wildman–Crippen LogP) is 1.40. The second-order valence-corrected chi connectivity index (χ2v) is 7.84. The van der Waals surface area contributed by atoms with Gasteiger partial charge in [0.15, 0.2) is 0 Å². The molecule has 0 aromatic carbocycles. The Kier molecular flexibility index (Phi) is 4.69. The molecule has 2 rings (SSSR count). The summed E-state index contributed by atoms with van der Waals surface area (Å²) in [4.78, 5) is 0. The number of sulfonamides is 1. The topological polar surface area (TPSA) is 87.8 Å². The van der Waals surface area contributed by atoms with Gasteiger partial charge in [0.1, 0.15) is 0 Å². The fourth-order valence-electron chi connectivity index (χ4n) is 2.55. The van der Waals surface area contributed by atoms with Crippen molar-refractivity contribution < 1.29 is 8.42 Å². The van der Waals surface area contributed by atoms with Crippen molar-refractivity contribution in [1.82, 2.24) is 14.5 Å². The highest BCUT2D eigenvalue weighted by Crippen LogP contribution is 2.22. The third-order valence-electron chi connectivity index (χ3n) is 3.66. The summed E-state index contributed by atoms with van der Waals surface area (Å²) in [6, 6.07) is 2.14. The van der Waals surface area contributed by atoms with E-state index in [1.807, 2.05) is 10.8 Å². The Hall–Kier alpha value is -1.39. The number of fused-ring (bicyclic) bond motifs is 1. The maximum atomic E-state index is 12.0. The number of aryl methyl sites for hydroxylation is 1. The fourth-order valence-corrected chi connectivity index (χ4v) is 4.08. The van der Waals surface area contributed by atoms with Gasteiger partial charge in [0.25, 0.3) is 0 Å². The Morgan fingerprint density at radius 3 is 2.86 bits per heavy atom. The van der Waals surface area contributed by atoms with E-state index in [0.717, 1.165) is 18.5 Å². The molecule has 2 unspecified atom stereocenters. The minimum absolute atomic E-state index is 0.121. The lowest BCUT2D eigenvalue weighted by Gasteiger charge is -2.22. The quantitative estimate of drug-likeness (QED) is 0.890. The lowest BCUT2D eigenvalue weighted by Crippen LogP contribution is -2.40. The molecule has 7 heteroatoms. The Bertz CT molecular complexity index is 642. The van der Waals surface area contributed by atoms with Gasteiger partial charge in [0, 0.05) is 24.7 Å². The zero-order chi connectivity index (χ0) is 15.6. The summed E-state index contributed by atoms with van der Waals surface area (Å²) in [5.74, 6) is -0.644. The van der Waals surface area contributed by atoms with Crippen molar-refractivity contribution in [3.63, 3.8) is 0 Å². The van der Waals surface area contributed by atoms with Crippen LogP contribution in [0.1, 0.15) is 44.5 Å². The van der Waals surface area contributed by atoms with Crippen molar-refractivity contribution in [1.29, 1.82) is 5.26 Å². The van der Waals surface area contributed by atoms with Gasteiger partial charge in [-0.1, -0.05) is 0 Å². The molecular weight excluding hydrogens is 288 g/mol. The molecule has 0 amide bonds. The number of nitrogens with one attached hydrogen (secondary N) is 1. The molecule has 0 saturated heterocycles. The number of hydrogen-bond acceptors (Lipinski definition) is 4. The largest absolute Gasteiger partial charge is 0.270 e. The lowest BCUT2D eigenvalue weighted by atomic mass is 9.94. The summed E-state index contributed by atoms with van der Waals surface area (Å²) in [6.07, 6.45) is 4.29. The molecule has 1 aliphatic rings. The van der Waals surface area contributed by atoms with Gasteiger partial charge in [-0.2, -0.15) is 10.4 Å². The van der Waals surface area contributed by atoms with Crippen LogP contribution in [0.3, 0.4) is 0 Å². The smallest absolute Gasteiger partial charge is 0.213 e. The SMILES string of the molecule is CC(C#N)CS(=O)(=O)NC1CCc2cn(C(C)C)nc2C1. The Labute approximate surface area is 126 Å². The molecule has 0 bridgehead atoms. The summed E-state index contributed by atoms with van der Waals surface area (Å²) < 4.78 is 28.7. The van der Waals surface area contributed by atoms with Crippen LogP contribution < -0.4 is 4.72 Å². The minimum Gasteiger partial charge on any atom is -0.270 e. The van der Waals surface area contributed by atoms with E-state index in [1.54, 1.807) is 6.92 Å².